The molecule has 0 radical (unpaired) electrons. The Hall–Kier alpha value is -2.67. The van der Waals surface area contributed by atoms with Crippen molar-refractivity contribution in [2.75, 3.05) is 31.1 Å². The van der Waals surface area contributed by atoms with E-state index in [9.17, 15) is 4.79 Å². The fourth-order valence-electron chi connectivity index (χ4n) is 3.35. The molecule has 130 valence electrons. The van der Waals surface area contributed by atoms with Crippen LogP contribution in [-0.2, 0) is 13.6 Å². The summed E-state index contributed by atoms with van der Waals surface area (Å²) < 4.78 is 1.64. The first-order valence-electron chi connectivity index (χ1n) is 8.55. The van der Waals surface area contributed by atoms with Crippen LogP contribution in [-0.4, -0.2) is 50.8 Å². The summed E-state index contributed by atoms with van der Waals surface area (Å²) in [6, 6.07) is 8.62. The molecule has 3 heterocycles. The number of H-pyrrole nitrogens is 1. The third kappa shape index (κ3) is 3.15. The van der Waals surface area contributed by atoms with Crippen molar-refractivity contribution in [2.45, 2.75) is 13.5 Å². The molecule has 7 heteroatoms. The molecular weight excluding hydrogens is 316 g/mol. The highest BCUT2D eigenvalue weighted by Crippen LogP contribution is 2.18. The largest absolute Gasteiger partial charge is 0.369 e. The lowest BCUT2D eigenvalue weighted by molar-refractivity contribution is 0.244. The Balaban J connectivity index is 1.45. The van der Waals surface area contributed by atoms with Crippen molar-refractivity contribution in [1.29, 1.82) is 0 Å². The second kappa shape index (κ2) is 6.33. The van der Waals surface area contributed by atoms with Crippen LogP contribution in [0.2, 0.25) is 0 Å². The third-order valence-electron chi connectivity index (χ3n) is 4.76. The monoisotopic (exact) mass is 338 g/mol. The summed E-state index contributed by atoms with van der Waals surface area (Å²) in [4.78, 5) is 24.3. The second-order valence-corrected chi connectivity index (χ2v) is 6.62. The van der Waals surface area contributed by atoms with Gasteiger partial charge in [0, 0.05) is 38.9 Å². The molecular formula is C18H22N6O. The number of nitrogens with zero attached hydrogens (tertiary/aromatic N) is 5. The number of hydrogen-bond donors (Lipinski definition) is 1. The molecule has 0 amide bonds. The minimum absolute atomic E-state index is 0.119. The summed E-state index contributed by atoms with van der Waals surface area (Å²) in [5, 5.41) is 4.65. The highest BCUT2D eigenvalue weighted by Gasteiger charge is 2.19. The Morgan fingerprint density at radius 1 is 1.20 bits per heavy atom. The van der Waals surface area contributed by atoms with Gasteiger partial charge in [0.2, 0.25) is 0 Å². The maximum atomic E-state index is 12.1. The van der Waals surface area contributed by atoms with Gasteiger partial charge in [-0.1, -0.05) is 12.1 Å². The first kappa shape index (κ1) is 15.8. The van der Waals surface area contributed by atoms with E-state index in [-0.39, 0.29) is 5.56 Å². The van der Waals surface area contributed by atoms with Crippen LogP contribution in [0.25, 0.3) is 11.0 Å². The minimum Gasteiger partial charge on any atom is -0.369 e. The van der Waals surface area contributed by atoms with Gasteiger partial charge in [-0.3, -0.25) is 14.4 Å². The van der Waals surface area contributed by atoms with Gasteiger partial charge in [-0.2, -0.15) is 5.10 Å². The highest BCUT2D eigenvalue weighted by atomic mass is 16.1. The Kier molecular flexibility index (Phi) is 4.01. The average molecular weight is 338 g/mol. The fraction of sp³-hybridized carbons (Fsp3) is 0.389. The zero-order chi connectivity index (χ0) is 17.4. The number of benzene rings is 1. The van der Waals surface area contributed by atoms with Gasteiger partial charge in [-0.15, -0.1) is 0 Å². The van der Waals surface area contributed by atoms with E-state index in [1.165, 1.54) is 11.3 Å². The van der Waals surface area contributed by atoms with E-state index < -0.39 is 0 Å². The third-order valence-corrected chi connectivity index (χ3v) is 4.76. The molecule has 1 fully saturated rings. The number of rotatable bonds is 3. The summed E-state index contributed by atoms with van der Waals surface area (Å²) >= 11 is 0. The summed E-state index contributed by atoms with van der Waals surface area (Å²) in [6.07, 6.45) is 1.56. The molecule has 1 saturated heterocycles. The zero-order valence-corrected chi connectivity index (χ0v) is 14.6. The van der Waals surface area contributed by atoms with Crippen molar-refractivity contribution >= 4 is 16.7 Å². The Labute approximate surface area is 145 Å². The Morgan fingerprint density at radius 2 is 2.00 bits per heavy atom. The van der Waals surface area contributed by atoms with Gasteiger partial charge in [0.05, 0.1) is 12.7 Å². The molecule has 0 unspecified atom stereocenters. The number of fused-ring (bicyclic) bond motifs is 1. The molecule has 0 spiro atoms. The highest BCUT2D eigenvalue weighted by molar-refractivity contribution is 5.72. The Bertz CT molecular complexity index is 952. The van der Waals surface area contributed by atoms with Crippen molar-refractivity contribution < 1.29 is 0 Å². The predicted octanol–water partition coefficient (Wildman–Crippen LogP) is 1.29. The lowest BCUT2D eigenvalue weighted by atomic mass is 10.2. The van der Waals surface area contributed by atoms with Crippen molar-refractivity contribution in [1.82, 2.24) is 24.6 Å². The number of aryl methyl sites for hydroxylation is 2. The van der Waals surface area contributed by atoms with E-state index >= 15 is 0 Å². The first-order chi connectivity index (χ1) is 12.1. The van der Waals surface area contributed by atoms with E-state index in [1.807, 2.05) is 0 Å². The quantitative estimate of drug-likeness (QED) is 0.779. The molecule has 0 aliphatic carbocycles. The summed E-state index contributed by atoms with van der Waals surface area (Å²) in [6.45, 7) is 6.61. The molecule has 3 aromatic rings. The van der Waals surface area contributed by atoms with Gasteiger partial charge in [0.25, 0.3) is 5.56 Å². The van der Waals surface area contributed by atoms with Crippen LogP contribution in [0.5, 0.6) is 0 Å². The second-order valence-electron chi connectivity index (χ2n) is 6.62. The number of anilines is 1. The van der Waals surface area contributed by atoms with E-state index in [0.29, 0.717) is 23.4 Å². The predicted molar refractivity (Wildman–Crippen MR) is 97.8 cm³/mol. The number of hydrogen-bond acceptors (Lipinski definition) is 5. The average Bonchev–Trinajstić information content (AvgIpc) is 2.97. The molecule has 0 saturated carbocycles. The number of piperazine rings is 1. The molecule has 2 aromatic heterocycles. The maximum Gasteiger partial charge on any atom is 0.262 e. The topological polar surface area (TPSA) is 70.1 Å². The molecule has 1 N–H and O–H groups in total. The van der Waals surface area contributed by atoms with Gasteiger partial charge in [0.15, 0.2) is 5.65 Å². The summed E-state index contributed by atoms with van der Waals surface area (Å²) in [5.41, 5.74) is 3.08. The normalized spacial score (nSPS) is 15.8. The van der Waals surface area contributed by atoms with Crippen molar-refractivity contribution in [3.63, 3.8) is 0 Å². The van der Waals surface area contributed by atoms with Crippen molar-refractivity contribution in [3.05, 3.63) is 52.2 Å². The van der Waals surface area contributed by atoms with Crippen LogP contribution in [0.3, 0.4) is 0 Å². The lowest BCUT2D eigenvalue weighted by Crippen LogP contribution is -2.46. The van der Waals surface area contributed by atoms with Crippen LogP contribution in [0.1, 0.15) is 11.4 Å². The smallest absolute Gasteiger partial charge is 0.262 e. The minimum atomic E-state index is -0.119. The van der Waals surface area contributed by atoms with Crippen LogP contribution >= 0.6 is 0 Å². The molecule has 25 heavy (non-hydrogen) atoms. The molecule has 1 aromatic carbocycles. The van der Waals surface area contributed by atoms with Crippen LogP contribution in [0.4, 0.5) is 5.69 Å². The van der Waals surface area contributed by atoms with Gasteiger partial charge < -0.3 is 9.88 Å². The van der Waals surface area contributed by atoms with Gasteiger partial charge in [0.1, 0.15) is 11.2 Å². The van der Waals surface area contributed by atoms with Gasteiger partial charge in [-0.05, 0) is 24.6 Å². The first-order valence-corrected chi connectivity index (χ1v) is 8.55. The molecule has 0 atom stereocenters. The van der Waals surface area contributed by atoms with Crippen LogP contribution in [0.15, 0.2) is 35.3 Å². The molecule has 0 bridgehead atoms. The molecule has 1 aliphatic heterocycles. The zero-order valence-electron chi connectivity index (χ0n) is 14.6. The van der Waals surface area contributed by atoms with Crippen molar-refractivity contribution in [3.8, 4) is 0 Å². The summed E-state index contributed by atoms with van der Waals surface area (Å²) in [7, 11) is 1.80. The molecule has 1 aliphatic rings. The van der Waals surface area contributed by atoms with Crippen molar-refractivity contribution in [2.24, 2.45) is 7.05 Å². The number of aromatic amines is 1. The Morgan fingerprint density at radius 3 is 2.76 bits per heavy atom. The SMILES string of the molecule is Cc1cccc(N2CCN(Cc3nc4c(cnn4C)c(=O)[nH]3)CC2)c1. The summed E-state index contributed by atoms with van der Waals surface area (Å²) in [5.74, 6) is 0.699. The van der Waals surface area contributed by atoms with Gasteiger partial charge in [-0.25, -0.2) is 4.98 Å². The van der Waals surface area contributed by atoms with E-state index in [1.54, 1.807) is 17.9 Å². The lowest BCUT2D eigenvalue weighted by Gasteiger charge is -2.36. The number of nitrogens with one attached hydrogen (secondary N) is 1. The fourth-order valence-corrected chi connectivity index (χ4v) is 3.35. The van der Waals surface area contributed by atoms with Gasteiger partial charge >= 0.3 is 0 Å². The van der Waals surface area contributed by atoms with E-state index in [0.717, 1.165) is 26.2 Å². The maximum absolute atomic E-state index is 12.1. The van der Waals surface area contributed by atoms with Crippen LogP contribution in [0, 0.1) is 6.92 Å². The number of aromatic nitrogens is 4. The standard InChI is InChI=1S/C18H22N6O/c1-13-4-3-5-14(10-13)24-8-6-23(7-9-24)12-16-20-17-15(18(25)21-16)11-19-22(17)2/h3-5,10-11H,6-9,12H2,1-2H3,(H,20,21,25). The van der Waals surface area contributed by atoms with E-state index in [2.05, 4.69) is 56.1 Å². The molecule has 4 rings (SSSR count). The van der Waals surface area contributed by atoms with Crippen LogP contribution < -0.4 is 10.5 Å². The van der Waals surface area contributed by atoms with E-state index in [4.69, 9.17) is 0 Å². The molecule has 7 nitrogen and oxygen atoms in total.